The van der Waals surface area contributed by atoms with Gasteiger partial charge in [-0.25, -0.2) is 0 Å². The van der Waals surface area contributed by atoms with Crippen LogP contribution in [0, 0.1) is 12.8 Å². The summed E-state index contributed by atoms with van der Waals surface area (Å²) in [7, 11) is 0. The van der Waals surface area contributed by atoms with Crippen LogP contribution in [0.5, 0.6) is 0 Å². The average molecular weight is 434 g/mol. The third-order valence-corrected chi connectivity index (χ3v) is 4.86. The molecule has 0 spiro atoms. The molecule has 31 heavy (non-hydrogen) atoms. The molecule has 0 saturated carbocycles. The van der Waals surface area contributed by atoms with Crippen LogP contribution in [0.4, 0.5) is 18.9 Å². The van der Waals surface area contributed by atoms with Gasteiger partial charge < -0.3 is 15.0 Å². The van der Waals surface area contributed by atoms with E-state index in [1.807, 2.05) is 31.2 Å². The van der Waals surface area contributed by atoms with Gasteiger partial charge in [0.25, 0.3) is 5.91 Å². The van der Waals surface area contributed by atoms with Crippen molar-refractivity contribution in [3.63, 3.8) is 0 Å². The van der Waals surface area contributed by atoms with Gasteiger partial charge in [0, 0.05) is 25.2 Å². The van der Waals surface area contributed by atoms with E-state index >= 15 is 0 Å². The smallest absolute Gasteiger partial charge is 0.416 e. The van der Waals surface area contributed by atoms with Crippen molar-refractivity contribution in [3.05, 3.63) is 65.2 Å². The molecule has 0 aliphatic carbocycles. The molecule has 1 fully saturated rings. The number of aryl methyl sites for hydroxylation is 1. The zero-order chi connectivity index (χ0) is 22.6. The molecule has 0 unspecified atom stereocenters. The van der Waals surface area contributed by atoms with Crippen molar-refractivity contribution in [1.82, 2.24) is 4.90 Å². The number of halogens is 3. The van der Waals surface area contributed by atoms with Gasteiger partial charge in [-0.1, -0.05) is 35.9 Å². The molecule has 1 aliphatic heterocycles. The van der Waals surface area contributed by atoms with Crippen molar-refractivity contribution in [2.45, 2.75) is 26.1 Å². The Morgan fingerprint density at radius 2 is 1.87 bits per heavy atom. The fourth-order valence-corrected chi connectivity index (χ4v) is 3.22. The topological polar surface area (TPSA) is 75.7 Å². The maximum Gasteiger partial charge on any atom is 0.416 e. The molecule has 2 amide bonds. The van der Waals surface area contributed by atoms with Gasteiger partial charge in [-0.05, 0) is 30.7 Å². The highest BCUT2D eigenvalue weighted by atomic mass is 19.4. The van der Waals surface area contributed by atoms with Crippen molar-refractivity contribution >= 4 is 23.5 Å². The molecule has 1 heterocycles. The third kappa shape index (κ3) is 6.07. The van der Waals surface area contributed by atoms with Gasteiger partial charge >= 0.3 is 12.1 Å². The molecule has 2 aromatic rings. The van der Waals surface area contributed by atoms with Crippen LogP contribution in [0.1, 0.15) is 23.1 Å². The molecule has 0 bridgehead atoms. The second kappa shape index (κ2) is 9.20. The summed E-state index contributed by atoms with van der Waals surface area (Å²) in [6.07, 6.45) is -4.55. The maximum absolute atomic E-state index is 12.7. The Morgan fingerprint density at radius 1 is 1.16 bits per heavy atom. The van der Waals surface area contributed by atoms with E-state index in [2.05, 4.69) is 5.32 Å². The maximum atomic E-state index is 12.7. The second-order valence-electron chi connectivity index (χ2n) is 7.40. The first kappa shape index (κ1) is 22.3. The number of hydrogen-bond acceptors (Lipinski definition) is 4. The first-order valence-corrected chi connectivity index (χ1v) is 9.59. The highest BCUT2D eigenvalue weighted by Crippen LogP contribution is 2.30. The summed E-state index contributed by atoms with van der Waals surface area (Å²) < 4.78 is 43.2. The summed E-state index contributed by atoms with van der Waals surface area (Å²) in [5.74, 6) is -2.34. The molecule has 0 aromatic heterocycles. The first-order valence-electron chi connectivity index (χ1n) is 9.59. The molecule has 1 saturated heterocycles. The highest BCUT2D eigenvalue weighted by molar-refractivity contribution is 5.93. The van der Waals surface area contributed by atoms with Crippen LogP contribution in [0.2, 0.25) is 0 Å². The lowest BCUT2D eigenvalue weighted by Crippen LogP contribution is -2.28. The fraction of sp³-hybridized carbons (Fsp3) is 0.318. The molecular formula is C22H21F3N2O4. The number of likely N-dealkylation sites (tertiary alicyclic amines) is 1. The van der Waals surface area contributed by atoms with Gasteiger partial charge in [0.05, 0.1) is 11.5 Å². The largest absolute Gasteiger partial charge is 0.455 e. The molecule has 6 nitrogen and oxygen atoms in total. The number of amides is 2. The minimum Gasteiger partial charge on any atom is -0.455 e. The number of carbonyl (C=O) groups is 3. The van der Waals surface area contributed by atoms with E-state index in [-0.39, 0.29) is 24.6 Å². The Bertz CT molecular complexity index is 973. The van der Waals surface area contributed by atoms with E-state index < -0.39 is 36.1 Å². The predicted octanol–water partition coefficient (Wildman–Crippen LogP) is 3.54. The minimum absolute atomic E-state index is 0.0139. The number of alkyl halides is 3. The van der Waals surface area contributed by atoms with Crippen molar-refractivity contribution in [2.24, 2.45) is 5.92 Å². The van der Waals surface area contributed by atoms with Crippen LogP contribution >= 0.6 is 0 Å². The summed E-state index contributed by atoms with van der Waals surface area (Å²) in [6.45, 7) is 1.86. The number of rotatable bonds is 6. The number of nitrogens with one attached hydrogen (secondary N) is 1. The highest BCUT2D eigenvalue weighted by Gasteiger charge is 2.35. The second-order valence-corrected chi connectivity index (χ2v) is 7.40. The number of anilines is 1. The Hall–Kier alpha value is -3.36. The monoisotopic (exact) mass is 434 g/mol. The molecule has 1 aliphatic rings. The van der Waals surface area contributed by atoms with E-state index in [0.717, 1.165) is 29.3 Å². The first-order chi connectivity index (χ1) is 14.6. The van der Waals surface area contributed by atoms with E-state index in [1.54, 1.807) is 4.90 Å². The van der Waals surface area contributed by atoms with Gasteiger partial charge in [0.1, 0.15) is 0 Å². The summed E-state index contributed by atoms with van der Waals surface area (Å²) in [4.78, 5) is 37.9. The standard InChI is InChI=1S/C22H21F3N2O4/c1-14-5-7-15(8-6-14)11-27-12-16(9-20(27)29)21(30)31-13-19(28)26-18-4-2-3-17(10-18)22(23,24)25/h2-8,10,16H,9,11-13H2,1H3,(H,26,28)/t16-/m0/s1. The van der Waals surface area contributed by atoms with Crippen molar-refractivity contribution in [3.8, 4) is 0 Å². The minimum atomic E-state index is -4.54. The van der Waals surface area contributed by atoms with E-state index in [4.69, 9.17) is 4.74 Å². The third-order valence-electron chi connectivity index (χ3n) is 4.86. The number of nitrogens with zero attached hydrogens (tertiary/aromatic N) is 1. The van der Waals surface area contributed by atoms with Gasteiger partial charge in [-0.15, -0.1) is 0 Å². The summed E-state index contributed by atoms with van der Waals surface area (Å²) in [5, 5.41) is 2.26. The molecule has 9 heteroatoms. The zero-order valence-electron chi connectivity index (χ0n) is 16.7. The lowest BCUT2D eigenvalue weighted by atomic mass is 10.1. The number of benzene rings is 2. The van der Waals surface area contributed by atoms with E-state index in [9.17, 15) is 27.6 Å². The lowest BCUT2D eigenvalue weighted by Gasteiger charge is -2.16. The molecular weight excluding hydrogens is 413 g/mol. The zero-order valence-corrected chi connectivity index (χ0v) is 16.7. The number of hydrogen-bond donors (Lipinski definition) is 1. The molecule has 3 rings (SSSR count). The molecule has 2 aromatic carbocycles. The summed E-state index contributed by atoms with van der Waals surface area (Å²) in [5.41, 5.74) is 1.08. The normalized spacial score (nSPS) is 16.3. The average Bonchev–Trinajstić information content (AvgIpc) is 3.08. The Labute approximate surface area is 177 Å². The van der Waals surface area contributed by atoms with Crippen LogP contribution in [0.25, 0.3) is 0 Å². The van der Waals surface area contributed by atoms with Crippen molar-refractivity contribution in [2.75, 3.05) is 18.5 Å². The molecule has 1 N–H and O–H groups in total. The number of ether oxygens (including phenoxy) is 1. The van der Waals surface area contributed by atoms with E-state index in [0.29, 0.717) is 6.54 Å². The van der Waals surface area contributed by atoms with Crippen LogP contribution in [-0.2, 0) is 31.8 Å². The van der Waals surface area contributed by atoms with Crippen molar-refractivity contribution < 1.29 is 32.3 Å². The Morgan fingerprint density at radius 3 is 2.55 bits per heavy atom. The summed E-state index contributed by atoms with van der Waals surface area (Å²) in [6, 6.07) is 11.8. The quantitative estimate of drug-likeness (QED) is 0.706. The molecule has 1 atom stereocenters. The van der Waals surface area contributed by atoms with E-state index in [1.165, 1.54) is 6.07 Å². The van der Waals surface area contributed by atoms with Gasteiger partial charge in [-0.3, -0.25) is 14.4 Å². The van der Waals surface area contributed by atoms with Crippen LogP contribution < -0.4 is 5.32 Å². The fourth-order valence-electron chi connectivity index (χ4n) is 3.22. The SMILES string of the molecule is Cc1ccc(CN2C[C@@H](C(=O)OCC(=O)Nc3cccc(C(F)(F)F)c3)CC2=O)cc1. The number of carbonyl (C=O) groups excluding carboxylic acids is 3. The Balaban J connectivity index is 1.49. The van der Waals surface area contributed by atoms with Crippen molar-refractivity contribution in [1.29, 1.82) is 0 Å². The molecule has 0 radical (unpaired) electrons. The summed E-state index contributed by atoms with van der Waals surface area (Å²) >= 11 is 0. The molecule has 164 valence electrons. The predicted molar refractivity (Wildman–Crippen MR) is 106 cm³/mol. The Kier molecular flexibility index (Phi) is 6.62. The van der Waals surface area contributed by atoms with Crippen LogP contribution in [-0.4, -0.2) is 35.8 Å². The van der Waals surface area contributed by atoms with Crippen LogP contribution in [0.3, 0.4) is 0 Å². The van der Waals surface area contributed by atoms with Crippen LogP contribution in [0.15, 0.2) is 48.5 Å². The van der Waals surface area contributed by atoms with Gasteiger partial charge in [0.15, 0.2) is 6.61 Å². The lowest BCUT2D eigenvalue weighted by molar-refractivity contribution is -0.151. The van der Waals surface area contributed by atoms with Gasteiger partial charge in [0.2, 0.25) is 5.91 Å². The number of esters is 1. The van der Waals surface area contributed by atoms with Gasteiger partial charge in [-0.2, -0.15) is 13.2 Å².